The maximum atomic E-state index is 13.1. The number of hydrogen-bond acceptors (Lipinski definition) is 6. The number of aromatic nitrogens is 2. The Balaban J connectivity index is 1.54. The summed E-state index contributed by atoms with van der Waals surface area (Å²) in [5, 5.41) is 4.74. The van der Waals surface area contributed by atoms with Gasteiger partial charge in [0.05, 0.1) is 24.1 Å². The summed E-state index contributed by atoms with van der Waals surface area (Å²) in [4.78, 5) is 26.6. The molecule has 2 aromatic heterocycles. The molecule has 3 heterocycles. The normalized spacial score (nSPS) is 16.7. The summed E-state index contributed by atoms with van der Waals surface area (Å²) in [6.45, 7) is 5.57. The van der Waals surface area contributed by atoms with Crippen LogP contribution in [0.15, 0.2) is 24.5 Å². The fourth-order valence-corrected chi connectivity index (χ4v) is 4.95. The number of fused-ring (bicyclic) bond motifs is 1. The first-order valence-electron chi connectivity index (χ1n) is 10.1. The van der Waals surface area contributed by atoms with E-state index in [1.807, 2.05) is 13.0 Å². The van der Waals surface area contributed by atoms with Crippen LogP contribution in [0.5, 0.6) is 5.75 Å². The van der Waals surface area contributed by atoms with Gasteiger partial charge in [-0.15, -0.1) is 11.3 Å². The van der Waals surface area contributed by atoms with Crippen LogP contribution in [0.2, 0.25) is 5.02 Å². The molecule has 0 unspecified atom stereocenters. The van der Waals surface area contributed by atoms with Crippen molar-refractivity contribution in [1.82, 2.24) is 9.97 Å². The van der Waals surface area contributed by atoms with Gasteiger partial charge in [0, 0.05) is 29.1 Å². The lowest BCUT2D eigenvalue weighted by Crippen LogP contribution is -2.41. The highest BCUT2D eigenvalue weighted by Crippen LogP contribution is 2.34. The highest BCUT2D eigenvalue weighted by Gasteiger charge is 2.28. The molecule has 1 fully saturated rings. The summed E-state index contributed by atoms with van der Waals surface area (Å²) in [6, 6.07) is 5.77. The lowest BCUT2D eigenvalue weighted by molar-refractivity contribution is -0.120. The maximum absolute atomic E-state index is 13.1. The van der Waals surface area contributed by atoms with Gasteiger partial charge in [0.2, 0.25) is 5.91 Å². The van der Waals surface area contributed by atoms with Crippen molar-refractivity contribution in [2.75, 3.05) is 30.4 Å². The summed E-state index contributed by atoms with van der Waals surface area (Å²) in [7, 11) is 1.57. The predicted octanol–water partition coefficient (Wildman–Crippen LogP) is 5.08. The third kappa shape index (κ3) is 4.09. The summed E-state index contributed by atoms with van der Waals surface area (Å²) < 4.78 is 5.40. The minimum atomic E-state index is -0.131. The third-order valence-corrected chi connectivity index (χ3v) is 7.13. The Labute approximate surface area is 185 Å². The first kappa shape index (κ1) is 20.9. The van der Waals surface area contributed by atoms with Crippen molar-refractivity contribution in [3.63, 3.8) is 0 Å². The van der Waals surface area contributed by atoms with Gasteiger partial charge >= 0.3 is 0 Å². The van der Waals surface area contributed by atoms with Gasteiger partial charge in [-0.1, -0.05) is 18.5 Å². The molecule has 4 rings (SSSR count). The van der Waals surface area contributed by atoms with Crippen LogP contribution in [0.25, 0.3) is 10.2 Å². The van der Waals surface area contributed by atoms with Gasteiger partial charge in [-0.3, -0.25) is 4.79 Å². The minimum absolute atomic E-state index is 0.00964. The molecule has 30 heavy (non-hydrogen) atoms. The fourth-order valence-electron chi connectivity index (χ4n) is 3.87. The average molecular weight is 445 g/mol. The topological polar surface area (TPSA) is 67.4 Å². The molecular weight excluding hydrogens is 420 g/mol. The smallest absolute Gasteiger partial charge is 0.229 e. The van der Waals surface area contributed by atoms with Crippen molar-refractivity contribution >= 4 is 50.6 Å². The number of benzene rings is 1. The molecule has 0 spiro atoms. The number of nitrogens with one attached hydrogen (secondary N) is 1. The number of ether oxygens (including phenoxy) is 1. The second-order valence-corrected chi connectivity index (χ2v) is 9.08. The van der Waals surface area contributed by atoms with Gasteiger partial charge < -0.3 is 15.0 Å². The van der Waals surface area contributed by atoms with Crippen molar-refractivity contribution in [3.8, 4) is 5.75 Å². The van der Waals surface area contributed by atoms with Gasteiger partial charge in [0.15, 0.2) is 0 Å². The number of carbonyl (C=O) groups is 1. The van der Waals surface area contributed by atoms with Crippen molar-refractivity contribution < 1.29 is 9.53 Å². The lowest BCUT2D eigenvalue weighted by Gasteiger charge is -2.33. The van der Waals surface area contributed by atoms with Gasteiger partial charge in [-0.25, -0.2) is 9.97 Å². The van der Waals surface area contributed by atoms with Crippen LogP contribution in [-0.2, 0) is 11.2 Å². The van der Waals surface area contributed by atoms with Gasteiger partial charge in [-0.2, -0.15) is 0 Å². The fraction of sp³-hybridized carbons (Fsp3) is 0.409. The molecule has 158 valence electrons. The summed E-state index contributed by atoms with van der Waals surface area (Å²) in [5.74, 6) is 1.35. The highest BCUT2D eigenvalue weighted by molar-refractivity contribution is 7.18. The second-order valence-electron chi connectivity index (χ2n) is 7.56. The van der Waals surface area contributed by atoms with E-state index in [0.717, 1.165) is 47.4 Å². The second kappa shape index (κ2) is 8.78. The standard InChI is InChI=1S/C22H25ClN4O2S/c1-4-15-9-16-20(24-12-25-22(16)30-15)27-7-5-6-14(11-27)21(28)26-18-8-13(2)17(23)10-19(18)29-3/h8-10,12,14H,4-7,11H2,1-3H3,(H,26,28)/t14-/m1/s1. The van der Waals surface area contributed by atoms with E-state index in [2.05, 4.69) is 33.2 Å². The number of halogens is 1. The molecule has 1 saturated heterocycles. The molecule has 1 atom stereocenters. The highest BCUT2D eigenvalue weighted by atomic mass is 35.5. The average Bonchev–Trinajstić information content (AvgIpc) is 3.19. The van der Waals surface area contributed by atoms with Crippen LogP contribution in [0.1, 0.15) is 30.2 Å². The van der Waals surface area contributed by atoms with Gasteiger partial charge in [0.25, 0.3) is 0 Å². The Morgan fingerprint density at radius 3 is 2.97 bits per heavy atom. The Morgan fingerprint density at radius 1 is 1.37 bits per heavy atom. The molecule has 1 aliphatic rings. The van der Waals surface area contributed by atoms with Crippen LogP contribution in [0.3, 0.4) is 0 Å². The first-order chi connectivity index (χ1) is 14.5. The third-order valence-electron chi connectivity index (χ3n) is 5.54. The van der Waals surface area contributed by atoms with E-state index in [1.165, 1.54) is 4.88 Å². The van der Waals surface area contributed by atoms with Crippen LogP contribution >= 0.6 is 22.9 Å². The number of aryl methyl sites for hydroxylation is 2. The molecule has 3 aromatic rings. The van der Waals surface area contributed by atoms with E-state index >= 15 is 0 Å². The molecule has 8 heteroatoms. The van der Waals surface area contributed by atoms with Crippen molar-refractivity contribution in [1.29, 1.82) is 0 Å². The van der Waals surface area contributed by atoms with E-state index in [0.29, 0.717) is 23.0 Å². The van der Waals surface area contributed by atoms with E-state index in [9.17, 15) is 4.79 Å². The Kier molecular flexibility index (Phi) is 6.11. The summed E-state index contributed by atoms with van der Waals surface area (Å²) >= 11 is 7.90. The SMILES string of the molecule is CCc1cc2c(N3CCC[C@@H](C(=O)Nc4cc(C)c(Cl)cc4OC)C3)ncnc2s1. The van der Waals surface area contributed by atoms with Crippen molar-refractivity contribution in [2.45, 2.75) is 33.1 Å². The molecule has 0 bridgehead atoms. The quantitative estimate of drug-likeness (QED) is 0.594. The maximum Gasteiger partial charge on any atom is 0.229 e. The van der Waals surface area contributed by atoms with Crippen LogP contribution in [0.4, 0.5) is 11.5 Å². The number of rotatable bonds is 5. The zero-order valence-electron chi connectivity index (χ0n) is 17.4. The number of hydrogen-bond donors (Lipinski definition) is 1. The molecule has 0 saturated carbocycles. The number of methoxy groups -OCH3 is 1. The Bertz CT molecular complexity index is 1080. The van der Waals surface area contributed by atoms with Crippen LogP contribution in [-0.4, -0.2) is 36.1 Å². The number of anilines is 2. The monoisotopic (exact) mass is 444 g/mol. The molecule has 1 aliphatic heterocycles. The number of nitrogens with zero attached hydrogens (tertiary/aromatic N) is 3. The first-order valence-corrected chi connectivity index (χ1v) is 11.3. The molecular formula is C22H25ClN4O2S. The minimum Gasteiger partial charge on any atom is -0.495 e. The molecule has 1 amide bonds. The van der Waals surface area contributed by atoms with E-state index in [4.69, 9.17) is 16.3 Å². The number of thiophene rings is 1. The van der Waals surface area contributed by atoms with Crippen LogP contribution < -0.4 is 15.0 Å². The van der Waals surface area contributed by atoms with E-state index < -0.39 is 0 Å². The summed E-state index contributed by atoms with van der Waals surface area (Å²) in [6.07, 6.45) is 4.38. The number of piperidine rings is 1. The molecule has 1 aromatic carbocycles. The lowest BCUT2D eigenvalue weighted by atomic mass is 9.96. The number of carbonyl (C=O) groups excluding carboxylic acids is 1. The van der Waals surface area contributed by atoms with Crippen molar-refractivity contribution in [3.05, 3.63) is 40.0 Å². The van der Waals surface area contributed by atoms with E-state index in [-0.39, 0.29) is 11.8 Å². The zero-order chi connectivity index (χ0) is 21.3. The van der Waals surface area contributed by atoms with Gasteiger partial charge in [0.1, 0.15) is 22.7 Å². The largest absolute Gasteiger partial charge is 0.495 e. The van der Waals surface area contributed by atoms with E-state index in [1.54, 1.807) is 30.8 Å². The molecule has 6 nitrogen and oxygen atoms in total. The Morgan fingerprint density at radius 2 is 2.20 bits per heavy atom. The summed E-state index contributed by atoms with van der Waals surface area (Å²) in [5.41, 5.74) is 1.54. The predicted molar refractivity (Wildman–Crippen MR) is 123 cm³/mol. The Hall–Kier alpha value is -2.38. The van der Waals surface area contributed by atoms with Crippen molar-refractivity contribution in [2.24, 2.45) is 5.92 Å². The molecule has 0 radical (unpaired) electrons. The van der Waals surface area contributed by atoms with Crippen LogP contribution in [0, 0.1) is 12.8 Å². The van der Waals surface area contributed by atoms with Gasteiger partial charge in [-0.05, 0) is 43.9 Å². The molecule has 1 N–H and O–H groups in total. The zero-order valence-corrected chi connectivity index (χ0v) is 18.9. The molecule has 0 aliphatic carbocycles. The number of amides is 1.